The van der Waals surface area contributed by atoms with Gasteiger partial charge < -0.3 is 0 Å². The first-order valence-electron chi connectivity index (χ1n) is 2.20. The van der Waals surface area contributed by atoms with E-state index in [1.165, 1.54) is 0 Å². The summed E-state index contributed by atoms with van der Waals surface area (Å²) in [6.07, 6.45) is 0. The second kappa shape index (κ2) is 10.3. The molecule has 0 aliphatic heterocycles. The quantitative estimate of drug-likeness (QED) is 0.414. The van der Waals surface area contributed by atoms with E-state index in [1.54, 1.807) is 0 Å². The van der Waals surface area contributed by atoms with E-state index < -0.39 is 0 Å². The van der Waals surface area contributed by atoms with Gasteiger partial charge in [0.15, 0.2) is 0 Å². The fourth-order valence-corrected chi connectivity index (χ4v) is 0. The summed E-state index contributed by atoms with van der Waals surface area (Å²) in [6.45, 7) is 3.72. The van der Waals surface area contributed by atoms with Gasteiger partial charge in [0.25, 0.3) is 0 Å². The number of hydrogen-bond donors (Lipinski definition) is 2. The highest BCUT2D eigenvalue weighted by Gasteiger charge is 1.78. The summed E-state index contributed by atoms with van der Waals surface area (Å²) in [5.74, 6) is 0.190. The molecule has 0 saturated heterocycles. The van der Waals surface area contributed by atoms with Crippen molar-refractivity contribution in [3.63, 3.8) is 0 Å². The fraction of sp³-hybridized carbons (Fsp3) is 0.750. The second-order valence-corrected chi connectivity index (χ2v) is 1.43. The molecule has 0 atom stereocenters. The molecule has 0 rings (SSSR count). The van der Waals surface area contributed by atoms with Crippen molar-refractivity contribution in [1.29, 1.82) is 5.26 Å². The molecule has 0 aliphatic carbocycles. The van der Waals surface area contributed by atoms with Gasteiger partial charge in [-0.1, -0.05) is 0 Å². The molecule has 0 heterocycles. The Bertz CT molecular complexity index is 75.1. The van der Waals surface area contributed by atoms with Gasteiger partial charge in [0.1, 0.15) is 0 Å². The first-order valence-corrected chi connectivity index (χ1v) is 2.20. The minimum Gasteiger partial charge on any atom is -0.219 e. The van der Waals surface area contributed by atoms with Gasteiger partial charge in [0, 0.05) is 5.92 Å². The normalized spacial score (nSPS) is 7.56. The Labute approximate surface area is 52.8 Å². The lowest BCUT2D eigenvalue weighted by atomic mass is 10.3. The summed E-state index contributed by atoms with van der Waals surface area (Å²) in [7, 11) is 0. The highest BCUT2D eigenvalue weighted by Crippen LogP contribution is 1.81. The van der Waals surface area contributed by atoms with Crippen LogP contribution in [0.2, 0.25) is 0 Å². The minimum atomic E-state index is 0.190. The number of nitrogens with zero attached hydrogens (tertiary/aromatic N) is 1. The smallest absolute Gasteiger partial charge is 0.0649 e. The third-order valence-electron chi connectivity index (χ3n) is 0.292. The molecule has 2 N–H and O–H groups in total. The van der Waals surface area contributed by atoms with Crippen LogP contribution in [0.15, 0.2) is 0 Å². The third kappa shape index (κ3) is 38.4. The summed E-state index contributed by atoms with van der Waals surface area (Å²) in [4.78, 5) is 0. The summed E-state index contributed by atoms with van der Waals surface area (Å²) in [5.41, 5.74) is 0. The zero-order valence-electron chi connectivity index (χ0n) is 5.24. The van der Waals surface area contributed by atoms with Gasteiger partial charge in [-0.05, 0) is 23.9 Å². The minimum absolute atomic E-state index is 0.190. The molecule has 5 heteroatoms. The van der Waals surface area contributed by atoms with E-state index in [1.807, 2.05) is 19.9 Å². The molecule has 0 amide bonds. The van der Waals surface area contributed by atoms with E-state index in [0.29, 0.717) is 0 Å². The number of nitriles is 1. The zero-order valence-corrected chi connectivity index (χ0v) is 5.24. The third-order valence-corrected chi connectivity index (χ3v) is 0.292. The van der Waals surface area contributed by atoms with Gasteiger partial charge in [-0.3, -0.25) is 0 Å². The molecule has 0 saturated carbocycles. The van der Waals surface area contributed by atoms with E-state index in [9.17, 15) is 0 Å². The topological polar surface area (TPSA) is 82.7 Å². The predicted molar refractivity (Wildman–Crippen MR) is 27.9 cm³/mol. The lowest BCUT2D eigenvalue weighted by molar-refractivity contribution is -0.611. The maximum absolute atomic E-state index is 7.89. The van der Waals surface area contributed by atoms with Crippen molar-refractivity contribution in [1.82, 2.24) is 0 Å². The Hall–Kier alpha value is -0.670. The van der Waals surface area contributed by atoms with Crippen molar-refractivity contribution < 1.29 is 20.6 Å². The molecule has 0 aromatic heterocycles. The van der Waals surface area contributed by atoms with Gasteiger partial charge in [-0.15, -0.1) is 0 Å². The van der Waals surface area contributed by atoms with Crippen molar-refractivity contribution in [2.24, 2.45) is 5.92 Å². The van der Waals surface area contributed by atoms with Crippen LogP contribution in [-0.2, 0) is 10.1 Å². The van der Waals surface area contributed by atoms with Crippen molar-refractivity contribution in [2.45, 2.75) is 13.8 Å². The first kappa shape index (κ1) is 11.2. The van der Waals surface area contributed by atoms with Crippen LogP contribution < -0.4 is 0 Å². The molecule has 0 bridgehead atoms. The molecular formula is C4H9NO4. The number of rotatable bonds is 1. The zero-order chi connectivity index (χ0) is 7.70. The second-order valence-electron chi connectivity index (χ2n) is 1.43. The summed E-state index contributed by atoms with van der Waals surface area (Å²) in [6, 6.07) is 2.03. The summed E-state index contributed by atoms with van der Waals surface area (Å²) >= 11 is 0. The van der Waals surface area contributed by atoms with E-state index in [0.717, 1.165) is 0 Å². The lowest BCUT2D eigenvalue weighted by Gasteiger charge is -1.75. The highest BCUT2D eigenvalue weighted by molar-refractivity contribution is 4.72. The van der Waals surface area contributed by atoms with Crippen LogP contribution in [0.5, 0.6) is 0 Å². The maximum atomic E-state index is 7.89. The molecule has 0 spiro atoms. The van der Waals surface area contributed by atoms with Crippen molar-refractivity contribution >= 4 is 0 Å². The van der Waals surface area contributed by atoms with Crippen molar-refractivity contribution in [3.8, 4) is 6.07 Å². The van der Waals surface area contributed by atoms with Gasteiger partial charge in [0.05, 0.1) is 6.07 Å². The average molecular weight is 135 g/mol. The standard InChI is InChI=1S/C4H7N.H2O4/c1-4(2)3-5;1-3-4-2/h4H,1-2H3;1-2H. The van der Waals surface area contributed by atoms with Crippen molar-refractivity contribution in [3.05, 3.63) is 0 Å². The number of hydrogen-bond acceptors (Lipinski definition) is 5. The monoisotopic (exact) mass is 135 g/mol. The van der Waals surface area contributed by atoms with E-state index in [2.05, 4.69) is 10.1 Å². The van der Waals surface area contributed by atoms with Crippen LogP contribution in [-0.4, -0.2) is 10.5 Å². The van der Waals surface area contributed by atoms with E-state index in [4.69, 9.17) is 15.8 Å². The lowest BCUT2D eigenvalue weighted by Crippen LogP contribution is -1.75. The molecule has 0 aromatic carbocycles. The van der Waals surface area contributed by atoms with Crippen LogP contribution in [0.3, 0.4) is 0 Å². The van der Waals surface area contributed by atoms with Crippen LogP contribution >= 0.6 is 0 Å². The molecule has 0 radical (unpaired) electrons. The molecule has 9 heavy (non-hydrogen) atoms. The molecule has 0 aliphatic rings. The molecule has 5 nitrogen and oxygen atoms in total. The van der Waals surface area contributed by atoms with Crippen LogP contribution in [0, 0.1) is 17.2 Å². The van der Waals surface area contributed by atoms with Gasteiger partial charge in [-0.2, -0.15) is 5.26 Å². The Morgan fingerprint density at radius 1 is 1.33 bits per heavy atom. The summed E-state index contributed by atoms with van der Waals surface area (Å²) < 4.78 is 0. The molecule has 0 fully saturated rings. The highest BCUT2D eigenvalue weighted by atomic mass is 17.6. The average Bonchev–Trinajstić information content (AvgIpc) is 1.89. The predicted octanol–water partition coefficient (Wildman–Crippen LogP) is 1.05. The molecule has 0 unspecified atom stereocenters. The van der Waals surface area contributed by atoms with Gasteiger partial charge in [-0.25, -0.2) is 10.5 Å². The first-order chi connectivity index (χ1) is 4.18. The fourth-order valence-electron chi connectivity index (χ4n) is 0. The van der Waals surface area contributed by atoms with E-state index >= 15 is 0 Å². The SMILES string of the molecule is CC(C)C#N.OOOO. The van der Waals surface area contributed by atoms with Gasteiger partial charge in [0.2, 0.25) is 0 Å². The van der Waals surface area contributed by atoms with Crippen LogP contribution in [0.4, 0.5) is 0 Å². The Kier molecular flexibility index (Phi) is 12.8. The van der Waals surface area contributed by atoms with E-state index in [-0.39, 0.29) is 5.92 Å². The Balaban J connectivity index is 0. The van der Waals surface area contributed by atoms with Crippen LogP contribution in [0.1, 0.15) is 13.8 Å². The Morgan fingerprint density at radius 2 is 1.56 bits per heavy atom. The summed E-state index contributed by atoms with van der Waals surface area (Å²) in [5, 5.41) is 26.9. The maximum Gasteiger partial charge on any atom is 0.0649 e. The van der Waals surface area contributed by atoms with Crippen molar-refractivity contribution in [2.75, 3.05) is 0 Å². The Morgan fingerprint density at radius 3 is 1.56 bits per heavy atom. The van der Waals surface area contributed by atoms with Gasteiger partial charge >= 0.3 is 0 Å². The van der Waals surface area contributed by atoms with Crippen LogP contribution in [0.25, 0.3) is 0 Å². The molecular weight excluding hydrogens is 126 g/mol. The largest absolute Gasteiger partial charge is 0.219 e. The molecule has 0 aromatic rings. The molecule has 54 valence electrons.